The van der Waals surface area contributed by atoms with Crippen LogP contribution in [0.25, 0.3) is 28.0 Å². The Hall–Kier alpha value is -3.53. The van der Waals surface area contributed by atoms with E-state index in [4.69, 9.17) is 9.15 Å². The molecule has 0 aliphatic carbocycles. The molecule has 128 valence electrons. The highest BCUT2D eigenvalue weighted by Crippen LogP contribution is 2.36. The number of carbonyl (C=O) groups excluding carboxylic acids is 1. The summed E-state index contributed by atoms with van der Waals surface area (Å²) in [5.74, 6) is 0.355. The Kier molecular flexibility index (Phi) is 4.15. The first kappa shape index (κ1) is 16.0. The Morgan fingerprint density at radius 1 is 0.962 bits per heavy atom. The van der Waals surface area contributed by atoms with E-state index in [-0.39, 0.29) is 5.91 Å². The predicted molar refractivity (Wildman–Crippen MR) is 104 cm³/mol. The molecule has 0 spiro atoms. The quantitative estimate of drug-likeness (QED) is 0.515. The van der Waals surface area contributed by atoms with Crippen LogP contribution < -0.4 is 10.1 Å². The van der Waals surface area contributed by atoms with Gasteiger partial charge in [0.15, 0.2) is 0 Å². The van der Waals surface area contributed by atoms with Gasteiger partial charge in [-0.1, -0.05) is 48.5 Å². The number of para-hydroxylation sites is 1. The maximum atomic E-state index is 12.3. The summed E-state index contributed by atoms with van der Waals surface area (Å²) in [5, 5.41) is 4.83. The van der Waals surface area contributed by atoms with E-state index in [0.717, 1.165) is 21.9 Å². The molecule has 0 unspecified atom stereocenters. The summed E-state index contributed by atoms with van der Waals surface area (Å²) in [7, 11) is 1.58. The third-order valence-electron chi connectivity index (χ3n) is 4.18. The average molecular weight is 343 g/mol. The molecule has 3 aromatic carbocycles. The minimum atomic E-state index is -0.234. The van der Waals surface area contributed by atoms with Gasteiger partial charge in [-0.15, -0.1) is 0 Å². The number of carbonyl (C=O) groups is 1. The molecular formula is C22H17NO3. The molecule has 0 atom stereocenters. The van der Waals surface area contributed by atoms with Crippen molar-refractivity contribution in [1.82, 2.24) is 0 Å². The average Bonchev–Trinajstić information content (AvgIpc) is 3.04. The van der Waals surface area contributed by atoms with Crippen molar-refractivity contribution in [2.45, 2.75) is 0 Å². The standard InChI is InChI=1S/C22H17NO3/c1-25-21-13-17-16-9-5-6-10-19(16)26-20(17)14-18(21)23-22(24)12-11-15-7-3-2-4-8-15/h2-14H,1H3,(H,23,24). The maximum Gasteiger partial charge on any atom is 0.248 e. The van der Waals surface area contributed by atoms with Gasteiger partial charge in [0, 0.05) is 22.9 Å². The molecule has 4 heteroatoms. The lowest BCUT2D eigenvalue weighted by atomic mass is 10.1. The summed E-state index contributed by atoms with van der Waals surface area (Å²) in [6.07, 6.45) is 3.26. The van der Waals surface area contributed by atoms with E-state index >= 15 is 0 Å². The number of anilines is 1. The van der Waals surface area contributed by atoms with Crippen LogP contribution in [0.1, 0.15) is 5.56 Å². The van der Waals surface area contributed by atoms with Crippen molar-refractivity contribution in [2.24, 2.45) is 0 Å². The number of hydrogen-bond acceptors (Lipinski definition) is 3. The van der Waals surface area contributed by atoms with Crippen LogP contribution in [0.15, 0.2) is 77.2 Å². The predicted octanol–water partition coefficient (Wildman–Crippen LogP) is 5.25. The number of furan rings is 1. The monoisotopic (exact) mass is 343 g/mol. The number of fused-ring (bicyclic) bond motifs is 3. The van der Waals surface area contributed by atoms with E-state index in [1.54, 1.807) is 19.3 Å². The van der Waals surface area contributed by atoms with Crippen LogP contribution in [0.3, 0.4) is 0 Å². The molecule has 4 nitrogen and oxygen atoms in total. The number of hydrogen-bond donors (Lipinski definition) is 1. The van der Waals surface area contributed by atoms with Gasteiger partial charge in [0.25, 0.3) is 0 Å². The van der Waals surface area contributed by atoms with Crippen molar-refractivity contribution < 1.29 is 13.9 Å². The fraction of sp³-hybridized carbons (Fsp3) is 0.0455. The SMILES string of the molecule is COc1cc2c(cc1NC(=O)C=Cc1ccccc1)oc1ccccc12. The lowest BCUT2D eigenvalue weighted by Gasteiger charge is -2.09. The molecule has 4 rings (SSSR count). The van der Waals surface area contributed by atoms with Gasteiger partial charge in [-0.05, 0) is 23.8 Å². The summed E-state index contributed by atoms with van der Waals surface area (Å²) >= 11 is 0. The zero-order chi connectivity index (χ0) is 17.9. The Morgan fingerprint density at radius 2 is 1.73 bits per heavy atom. The van der Waals surface area contributed by atoms with Gasteiger partial charge in [0.1, 0.15) is 16.9 Å². The molecule has 1 heterocycles. The minimum Gasteiger partial charge on any atom is -0.495 e. The summed E-state index contributed by atoms with van der Waals surface area (Å²) in [6, 6.07) is 21.2. The fourth-order valence-electron chi connectivity index (χ4n) is 2.93. The lowest BCUT2D eigenvalue weighted by molar-refractivity contribution is -0.111. The summed E-state index contributed by atoms with van der Waals surface area (Å²) < 4.78 is 11.3. The van der Waals surface area contributed by atoms with E-state index in [0.29, 0.717) is 17.0 Å². The Labute approximate surface area is 150 Å². The molecule has 0 fully saturated rings. The van der Waals surface area contributed by atoms with Crippen molar-refractivity contribution in [3.63, 3.8) is 0 Å². The smallest absolute Gasteiger partial charge is 0.248 e. The highest BCUT2D eigenvalue weighted by molar-refractivity contribution is 6.09. The Morgan fingerprint density at radius 3 is 2.54 bits per heavy atom. The minimum absolute atomic E-state index is 0.234. The number of rotatable bonds is 4. The fourth-order valence-corrected chi connectivity index (χ4v) is 2.93. The maximum absolute atomic E-state index is 12.3. The normalized spacial score (nSPS) is 11.3. The first-order chi connectivity index (χ1) is 12.7. The van der Waals surface area contributed by atoms with Crippen LogP contribution in [0.2, 0.25) is 0 Å². The highest BCUT2D eigenvalue weighted by atomic mass is 16.5. The first-order valence-electron chi connectivity index (χ1n) is 8.28. The summed E-state index contributed by atoms with van der Waals surface area (Å²) in [4.78, 5) is 12.3. The van der Waals surface area contributed by atoms with Gasteiger partial charge in [-0.25, -0.2) is 0 Å². The number of nitrogens with one attached hydrogen (secondary N) is 1. The molecule has 0 aliphatic rings. The summed E-state index contributed by atoms with van der Waals surface area (Å²) in [6.45, 7) is 0. The van der Waals surface area contributed by atoms with Gasteiger partial charge in [-0.2, -0.15) is 0 Å². The second-order valence-electron chi connectivity index (χ2n) is 5.88. The van der Waals surface area contributed by atoms with Crippen LogP contribution in [0.4, 0.5) is 5.69 Å². The summed E-state index contributed by atoms with van der Waals surface area (Å²) in [5.41, 5.74) is 3.04. The van der Waals surface area contributed by atoms with E-state index in [1.807, 2.05) is 60.7 Å². The van der Waals surface area contributed by atoms with Gasteiger partial charge < -0.3 is 14.5 Å². The molecule has 1 amide bonds. The molecule has 0 saturated carbocycles. The van der Waals surface area contributed by atoms with E-state index < -0.39 is 0 Å². The number of ether oxygens (including phenoxy) is 1. The third kappa shape index (κ3) is 3.05. The second-order valence-corrected chi connectivity index (χ2v) is 5.88. The number of methoxy groups -OCH3 is 1. The largest absolute Gasteiger partial charge is 0.495 e. The Bertz CT molecular complexity index is 1110. The van der Waals surface area contributed by atoms with Gasteiger partial charge >= 0.3 is 0 Å². The molecule has 0 radical (unpaired) electrons. The number of benzene rings is 3. The molecular weight excluding hydrogens is 326 g/mol. The molecule has 0 saturated heterocycles. The van der Waals surface area contributed by atoms with Crippen molar-refractivity contribution in [1.29, 1.82) is 0 Å². The number of amides is 1. The topological polar surface area (TPSA) is 51.5 Å². The van der Waals surface area contributed by atoms with Gasteiger partial charge in [-0.3, -0.25) is 4.79 Å². The lowest BCUT2D eigenvalue weighted by Crippen LogP contribution is -2.08. The van der Waals surface area contributed by atoms with Crippen molar-refractivity contribution in [3.05, 3.63) is 78.4 Å². The van der Waals surface area contributed by atoms with Crippen molar-refractivity contribution in [2.75, 3.05) is 12.4 Å². The van der Waals surface area contributed by atoms with Crippen LogP contribution in [-0.4, -0.2) is 13.0 Å². The van der Waals surface area contributed by atoms with E-state index in [1.165, 1.54) is 6.08 Å². The highest BCUT2D eigenvalue weighted by Gasteiger charge is 2.13. The zero-order valence-corrected chi connectivity index (χ0v) is 14.2. The van der Waals surface area contributed by atoms with Crippen LogP contribution in [-0.2, 0) is 4.79 Å². The second kappa shape index (κ2) is 6.76. The first-order valence-corrected chi connectivity index (χ1v) is 8.28. The van der Waals surface area contributed by atoms with E-state index in [2.05, 4.69) is 5.32 Å². The molecule has 1 N–H and O–H groups in total. The van der Waals surface area contributed by atoms with Gasteiger partial charge in [0.05, 0.1) is 12.8 Å². The van der Waals surface area contributed by atoms with Crippen LogP contribution in [0, 0.1) is 0 Å². The van der Waals surface area contributed by atoms with E-state index in [9.17, 15) is 4.79 Å². The molecule has 26 heavy (non-hydrogen) atoms. The molecule has 0 aliphatic heterocycles. The van der Waals surface area contributed by atoms with Crippen LogP contribution >= 0.6 is 0 Å². The van der Waals surface area contributed by atoms with Crippen molar-refractivity contribution in [3.8, 4) is 5.75 Å². The van der Waals surface area contributed by atoms with Gasteiger partial charge in [0.2, 0.25) is 5.91 Å². The molecule has 0 bridgehead atoms. The van der Waals surface area contributed by atoms with Crippen molar-refractivity contribution >= 4 is 39.6 Å². The zero-order valence-electron chi connectivity index (χ0n) is 14.2. The third-order valence-corrected chi connectivity index (χ3v) is 4.18. The Balaban J connectivity index is 1.66. The molecule has 1 aromatic heterocycles. The molecule has 4 aromatic rings. The van der Waals surface area contributed by atoms with Crippen LogP contribution in [0.5, 0.6) is 5.75 Å².